The molecule has 1 aromatic rings. The first-order valence-corrected chi connectivity index (χ1v) is 6.19. The van der Waals surface area contributed by atoms with Gasteiger partial charge in [-0.15, -0.1) is 0 Å². The normalized spacial score (nSPS) is 10.3. The first kappa shape index (κ1) is 13.3. The lowest BCUT2D eigenvalue weighted by molar-refractivity contribution is 0.651. The third-order valence-electron chi connectivity index (χ3n) is 1.97. The van der Waals surface area contributed by atoms with Crippen LogP contribution in [0.4, 0.5) is 5.95 Å². The molecular formula is C9H17N5S2. The van der Waals surface area contributed by atoms with E-state index < -0.39 is 0 Å². The van der Waals surface area contributed by atoms with Crippen molar-refractivity contribution in [3.8, 4) is 0 Å². The SMILES string of the molecule is CCCCNCCNc1nc(=S)[nH]c(=S)[nH]1. The summed E-state index contributed by atoms with van der Waals surface area (Å²) in [5, 5.41) is 6.44. The summed E-state index contributed by atoms with van der Waals surface area (Å²) in [6.45, 7) is 4.92. The van der Waals surface area contributed by atoms with Gasteiger partial charge in [-0.25, -0.2) is 0 Å². The number of hydrogen-bond donors (Lipinski definition) is 4. The molecule has 1 aromatic heterocycles. The molecule has 0 radical (unpaired) electrons. The third-order valence-corrected chi connectivity index (χ3v) is 2.36. The van der Waals surface area contributed by atoms with Crippen LogP contribution in [0.15, 0.2) is 0 Å². The zero-order valence-electron chi connectivity index (χ0n) is 9.30. The Balaban J connectivity index is 2.27. The Bertz CT molecular complexity index is 383. The van der Waals surface area contributed by atoms with Crippen LogP contribution >= 0.6 is 24.4 Å². The summed E-state index contributed by atoms with van der Waals surface area (Å²) >= 11 is 9.86. The fraction of sp³-hybridized carbons (Fsp3) is 0.667. The monoisotopic (exact) mass is 259 g/mol. The molecule has 0 bridgehead atoms. The van der Waals surface area contributed by atoms with E-state index in [0.717, 1.165) is 19.6 Å². The zero-order valence-corrected chi connectivity index (χ0v) is 10.9. The van der Waals surface area contributed by atoms with Crippen molar-refractivity contribution in [3.63, 3.8) is 0 Å². The Morgan fingerprint density at radius 1 is 1.19 bits per heavy atom. The van der Waals surface area contributed by atoms with Crippen molar-refractivity contribution in [3.05, 3.63) is 9.54 Å². The van der Waals surface area contributed by atoms with E-state index in [-0.39, 0.29) is 0 Å². The standard InChI is InChI=1S/C9H17N5S2/c1-2-3-4-10-5-6-11-7-12-8(15)14-9(16)13-7/h10H,2-6H2,1H3,(H3,11,12,13,14,15,16). The smallest absolute Gasteiger partial charge is 0.205 e. The first-order valence-electron chi connectivity index (χ1n) is 5.37. The molecule has 0 aromatic carbocycles. The van der Waals surface area contributed by atoms with Gasteiger partial charge in [0.2, 0.25) is 10.7 Å². The zero-order chi connectivity index (χ0) is 11.8. The fourth-order valence-corrected chi connectivity index (χ4v) is 1.62. The molecule has 0 spiro atoms. The van der Waals surface area contributed by atoms with Gasteiger partial charge in [0.15, 0.2) is 4.77 Å². The molecular weight excluding hydrogens is 242 g/mol. The van der Waals surface area contributed by atoms with Gasteiger partial charge >= 0.3 is 0 Å². The van der Waals surface area contributed by atoms with Crippen LogP contribution in [0.5, 0.6) is 0 Å². The predicted octanol–water partition coefficient (Wildman–Crippen LogP) is 2.00. The van der Waals surface area contributed by atoms with Crippen molar-refractivity contribution < 1.29 is 0 Å². The highest BCUT2D eigenvalue weighted by atomic mass is 32.1. The Morgan fingerprint density at radius 2 is 2.00 bits per heavy atom. The average Bonchev–Trinajstić information content (AvgIpc) is 2.22. The molecule has 0 amide bonds. The Morgan fingerprint density at radius 3 is 2.69 bits per heavy atom. The second-order valence-electron chi connectivity index (χ2n) is 3.38. The maximum Gasteiger partial charge on any atom is 0.205 e. The molecule has 1 heterocycles. The quantitative estimate of drug-likeness (QED) is 0.445. The molecule has 0 fully saturated rings. The molecule has 16 heavy (non-hydrogen) atoms. The van der Waals surface area contributed by atoms with E-state index in [1.54, 1.807) is 0 Å². The van der Waals surface area contributed by atoms with Crippen LogP contribution in [-0.2, 0) is 0 Å². The summed E-state index contributed by atoms with van der Waals surface area (Å²) in [5.74, 6) is 0.617. The molecule has 0 unspecified atom stereocenters. The third kappa shape index (κ3) is 5.34. The van der Waals surface area contributed by atoms with Crippen LogP contribution in [-0.4, -0.2) is 34.6 Å². The maximum atomic E-state index is 4.95. The average molecular weight is 259 g/mol. The van der Waals surface area contributed by atoms with Crippen LogP contribution in [0.25, 0.3) is 0 Å². The molecule has 0 atom stereocenters. The predicted molar refractivity (Wildman–Crippen MR) is 70.9 cm³/mol. The highest BCUT2D eigenvalue weighted by Gasteiger charge is 1.93. The molecule has 5 nitrogen and oxygen atoms in total. The van der Waals surface area contributed by atoms with E-state index in [4.69, 9.17) is 24.4 Å². The van der Waals surface area contributed by atoms with Crippen molar-refractivity contribution >= 4 is 30.4 Å². The summed E-state index contributed by atoms with van der Waals surface area (Å²) in [6, 6.07) is 0. The van der Waals surface area contributed by atoms with Crippen LogP contribution in [0.2, 0.25) is 0 Å². The van der Waals surface area contributed by atoms with Crippen molar-refractivity contribution in [1.82, 2.24) is 20.3 Å². The Labute approximate surface area is 105 Å². The molecule has 0 aliphatic rings. The van der Waals surface area contributed by atoms with Gasteiger partial charge in [-0.1, -0.05) is 13.3 Å². The molecule has 0 saturated heterocycles. The van der Waals surface area contributed by atoms with E-state index >= 15 is 0 Å². The number of nitrogens with one attached hydrogen (secondary N) is 4. The molecule has 7 heteroatoms. The van der Waals surface area contributed by atoms with Gasteiger partial charge in [-0.3, -0.25) is 0 Å². The number of aromatic amines is 2. The number of anilines is 1. The van der Waals surface area contributed by atoms with Crippen LogP contribution in [0.3, 0.4) is 0 Å². The lowest BCUT2D eigenvalue weighted by Gasteiger charge is -2.06. The van der Waals surface area contributed by atoms with Crippen molar-refractivity contribution in [2.75, 3.05) is 25.0 Å². The summed E-state index contributed by atoms with van der Waals surface area (Å²) in [7, 11) is 0. The van der Waals surface area contributed by atoms with E-state index in [1.807, 2.05) is 0 Å². The summed E-state index contributed by atoms with van der Waals surface area (Å²) < 4.78 is 0.881. The molecule has 1 rings (SSSR count). The number of unbranched alkanes of at least 4 members (excludes halogenated alkanes) is 1. The van der Waals surface area contributed by atoms with Gasteiger partial charge in [0, 0.05) is 13.1 Å². The lowest BCUT2D eigenvalue weighted by atomic mass is 10.3. The van der Waals surface area contributed by atoms with Gasteiger partial charge < -0.3 is 20.6 Å². The van der Waals surface area contributed by atoms with Crippen LogP contribution in [0, 0.1) is 9.54 Å². The first-order chi connectivity index (χ1) is 7.72. The Hall–Kier alpha value is -0.790. The molecule has 0 saturated carbocycles. The van der Waals surface area contributed by atoms with Crippen molar-refractivity contribution in [2.24, 2.45) is 0 Å². The molecule has 0 aliphatic carbocycles. The van der Waals surface area contributed by atoms with Crippen LogP contribution in [0.1, 0.15) is 19.8 Å². The van der Waals surface area contributed by atoms with Gasteiger partial charge in [0.05, 0.1) is 0 Å². The molecule has 90 valence electrons. The summed E-state index contributed by atoms with van der Waals surface area (Å²) in [5.41, 5.74) is 0. The number of H-pyrrole nitrogens is 2. The largest absolute Gasteiger partial charge is 0.354 e. The van der Waals surface area contributed by atoms with E-state index in [2.05, 4.69) is 32.5 Å². The van der Waals surface area contributed by atoms with E-state index in [1.165, 1.54) is 12.8 Å². The second kappa shape index (κ2) is 7.48. The lowest BCUT2D eigenvalue weighted by Crippen LogP contribution is -2.23. The summed E-state index contributed by atoms with van der Waals surface area (Å²) in [4.78, 5) is 9.70. The number of aromatic nitrogens is 3. The number of hydrogen-bond acceptors (Lipinski definition) is 5. The number of nitrogens with zero attached hydrogens (tertiary/aromatic N) is 1. The highest BCUT2D eigenvalue weighted by Crippen LogP contribution is 1.94. The molecule has 0 aliphatic heterocycles. The van der Waals surface area contributed by atoms with Gasteiger partial charge in [-0.2, -0.15) is 4.98 Å². The Kier molecular flexibility index (Phi) is 6.20. The van der Waals surface area contributed by atoms with E-state index in [9.17, 15) is 0 Å². The minimum atomic E-state index is 0.394. The van der Waals surface area contributed by atoms with Crippen LogP contribution < -0.4 is 10.6 Å². The summed E-state index contributed by atoms with van der Waals surface area (Å²) in [6.07, 6.45) is 2.42. The minimum absolute atomic E-state index is 0.394. The molecule has 4 N–H and O–H groups in total. The van der Waals surface area contributed by atoms with Gasteiger partial charge in [-0.05, 0) is 37.4 Å². The van der Waals surface area contributed by atoms with Crippen molar-refractivity contribution in [1.29, 1.82) is 0 Å². The van der Waals surface area contributed by atoms with Crippen molar-refractivity contribution in [2.45, 2.75) is 19.8 Å². The second-order valence-corrected chi connectivity index (χ2v) is 4.17. The fourth-order valence-electron chi connectivity index (χ4n) is 1.17. The number of rotatable bonds is 7. The van der Waals surface area contributed by atoms with Gasteiger partial charge in [0.1, 0.15) is 0 Å². The van der Waals surface area contributed by atoms with Gasteiger partial charge in [0.25, 0.3) is 0 Å². The minimum Gasteiger partial charge on any atom is -0.354 e. The maximum absolute atomic E-state index is 4.95. The highest BCUT2D eigenvalue weighted by molar-refractivity contribution is 7.71. The topological polar surface area (TPSA) is 68.5 Å². The van der Waals surface area contributed by atoms with E-state index in [0.29, 0.717) is 15.5 Å².